The summed E-state index contributed by atoms with van der Waals surface area (Å²) in [6.07, 6.45) is 2.93. The fourth-order valence-corrected chi connectivity index (χ4v) is 1.48. The van der Waals surface area contributed by atoms with E-state index in [0.29, 0.717) is 11.9 Å². The number of nitrogens with zero attached hydrogens (tertiary/aromatic N) is 7. The summed E-state index contributed by atoms with van der Waals surface area (Å²) in [7, 11) is 0. The van der Waals surface area contributed by atoms with Gasteiger partial charge in [0.25, 0.3) is 5.95 Å². The Morgan fingerprint density at radius 3 is 2.61 bits per heavy atom. The number of nitrogen functional groups attached to an aromatic ring is 1. The number of nitrogens with two attached hydrogens (primary N) is 1. The van der Waals surface area contributed by atoms with Gasteiger partial charge in [-0.2, -0.15) is 24.7 Å². The molecule has 0 unspecified atom stereocenters. The molecule has 0 aliphatic rings. The average molecular weight is 249 g/mol. The second kappa shape index (κ2) is 5.36. The van der Waals surface area contributed by atoms with Gasteiger partial charge >= 0.3 is 0 Å². The topological polar surface area (TPSA) is 111 Å². The van der Waals surface area contributed by atoms with Gasteiger partial charge in [-0.3, -0.25) is 5.43 Å². The molecule has 0 spiro atoms. The van der Waals surface area contributed by atoms with Crippen molar-refractivity contribution < 1.29 is 0 Å². The van der Waals surface area contributed by atoms with Gasteiger partial charge in [0.2, 0.25) is 11.9 Å². The monoisotopic (exact) mass is 249 g/mol. The highest BCUT2D eigenvalue weighted by molar-refractivity contribution is 5.38. The largest absolute Gasteiger partial charge is 0.341 e. The van der Waals surface area contributed by atoms with Crippen molar-refractivity contribution in [2.24, 2.45) is 5.84 Å². The zero-order chi connectivity index (χ0) is 13.0. The van der Waals surface area contributed by atoms with E-state index >= 15 is 0 Å². The summed E-state index contributed by atoms with van der Waals surface area (Å²) in [5, 5.41) is 3.98. The lowest BCUT2D eigenvalue weighted by molar-refractivity contribution is 0.761. The second-order valence-electron chi connectivity index (χ2n) is 3.42. The molecule has 0 aromatic carbocycles. The first-order valence-electron chi connectivity index (χ1n) is 5.61. The van der Waals surface area contributed by atoms with E-state index in [0.717, 1.165) is 13.1 Å². The molecule has 2 aromatic heterocycles. The fraction of sp³-hybridized carbons (Fsp3) is 0.444. The minimum absolute atomic E-state index is 0.289. The lowest BCUT2D eigenvalue weighted by Crippen LogP contribution is -2.26. The highest BCUT2D eigenvalue weighted by Crippen LogP contribution is 2.11. The Morgan fingerprint density at radius 1 is 1.28 bits per heavy atom. The minimum atomic E-state index is 0.289. The van der Waals surface area contributed by atoms with Gasteiger partial charge in [0, 0.05) is 13.1 Å². The number of anilines is 2. The fourth-order valence-electron chi connectivity index (χ4n) is 1.48. The standard InChI is InChI=1S/C9H15N9/c1-3-17(4-2)8-13-7(16-10)14-9(15-8)18-6-11-5-12-18/h5-6H,3-4,10H2,1-2H3,(H,13,14,15,16). The molecule has 0 aliphatic heterocycles. The van der Waals surface area contributed by atoms with Crippen molar-refractivity contribution in [1.29, 1.82) is 0 Å². The Bertz CT molecular complexity index is 491. The van der Waals surface area contributed by atoms with E-state index in [1.54, 1.807) is 0 Å². The molecule has 18 heavy (non-hydrogen) atoms. The third kappa shape index (κ3) is 2.35. The molecule has 9 heteroatoms. The van der Waals surface area contributed by atoms with Crippen molar-refractivity contribution in [2.45, 2.75) is 13.8 Å². The predicted octanol–water partition coefficient (Wildman–Crippen LogP) is -0.416. The van der Waals surface area contributed by atoms with Gasteiger partial charge < -0.3 is 4.90 Å². The molecule has 2 aromatic rings. The number of aromatic nitrogens is 6. The summed E-state index contributed by atoms with van der Waals surface area (Å²) in [5.41, 5.74) is 2.42. The van der Waals surface area contributed by atoms with E-state index in [2.05, 4.69) is 30.5 Å². The number of nitrogens with one attached hydrogen (secondary N) is 1. The first-order valence-corrected chi connectivity index (χ1v) is 5.61. The summed E-state index contributed by atoms with van der Waals surface area (Å²) in [6.45, 7) is 5.64. The second-order valence-corrected chi connectivity index (χ2v) is 3.42. The van der Waals surface area contributed by atoms with Crippen LogP contribution in [0.15, 0.2) is 12.7 Å². The van der Waals surface area contributed by atoms with E-state index in [-0.39, 0.29) is 5.95 Å². The maximum absolute atomic E-state index is 5.36. The number of rotatable bonds is 5. The molecule has 2 rings (SSSR count). The maximum atomic E-state index is 5.36. The zero-order valence-corrected chi connectivity index (χ0v) is 10.3. The number of hydrogen-bond acceptors (Lipinski definition) is 8. The van der Waals surface area contributed by atoms with E-state index in [9.17, 15) is 0 Å². The van der Waals surface area contributed by atoms with E-state index in [4.69, 9.17) is 5.84 Å². The first-order chi connectivity index (χ1) is 8.78. The smallest absolute Gasteiger partial charge is 0.258 e. The van der Waals surface area contributed by atoms with Crippen LogP contribution < -0.4 is 16.2 Å². The number of hydrazine groups is 1. The Morgan fingerprint density at radius 2 is 2.06 bits per heavy atom. The molecule has 0 fully saturated rings. The molecular formula is C9H15N9. The molecule has 0 saturated carbocycles. The predicted molar refractivity (Wildman–Crippen MR) is 66.1 cm³/mol. The molecule has 0 aliphatic carbocycles. The van der Waals surface area contributed by atoms with Gasteiger partial charge in [-0.05, 0) is 13.8 Å². The van der Waals surface area contributed by atoms with Crippen LogP contribution in [-0.4, -0.2) is 42.8 Å². The van der Waals surface area contributed by atoms with Crippen molar-refractivity contribution in [3.8, 4) is 5.95 Å². The SMILES string of the molecule is CCN(CC)c1nc(NN)nc(-n2cncn2)n1. The summed E-state index contributed by atoms with van der Waals surface area (Å²) in [4.78, 5) is 18.5. The Kier molecular flexibility index (Phi) is 3.63. The minimum Gasteiger partial charge on any atom is -0.341 e. The zero-order valence-electron chi connectivity index (χ0n) is 10.3. The van der Waals surface area contributed by atoms with E-state index in [1.165, 1.54) is 17.3 Å². The van der Waals surface area contributed by atoms with Crippen LogP contribution in [-0.2, 0) is 0 Å². The van der Waals surface area contributed by atoms with Crippen molar-refractivity contribution >= 4 is 11.9 Å². The molecule has 0 atom stereocenters. The molecule has 96 valence electrons. The van der Waals surface area contributed by atoms with Gasteiger partial charge in [-0.25, -0.2) is 10.8 Å². The molecule has 0 bridgehead atoms. The van der Waals surface area contributed by atoms with Crippen molar-refractivity contribution in [2.75, 3.05) is 23.4 Å². The van der Waals surface area contributed by atoms with Crippen LogP contribution in [0.5, 0.6) is 0 Å². The van der Waals surface area contributed by atoms with Crippen molar-refractivity contribution in [3.05, 3.63) is 12.7 Å². The van der Waals surface area contributed by atoms with Gasteiger partial charge in [0.05, 0.1) is 0 Å². The normalized spacial score (nSPS) is 10.4. The molecule has 2 heterocycles. The molecule has 0 amide bonds. The summed E-state index contributed by atoms with van der Waals surface area (Å²) < 4.78 is 1.45. The van der Waals surface area contributed by atoms with E-state index in [1.807, 2.05) is 18.7 Å². The average Bonchev–Trinajstić information content (AvgIpc) is 2.94. The molecular weight excluding hydrogens is 234 g/mol. The quantitative estimate of drug-likeness (QED) is 0.543. The lowest BCUT2D eigenvalue weighted by atomic mass is 10.5. The highest BCUT2D eigenvalue weighted by Gasteiger charge is 2.12. The Hall–Kier alpha value is -2.29. The first kappa shape index (κ1) is 12.2. The van der Waals surface area contributed by atoms with Crippen molar-refractivity contribution in [1.82, 2.24) is 29.7 Å². The lowest BCUT2D eigenvalue weighted by Gasteiger charge is -2.19. The van der Waals surface area contributed by atoms with Crippen LogP contribution in [0.3, 0.4) is 0 Å². The van der Waals surface area contributed by atoms with Gasteiger partial charge in [-0.15, -0.1) is 0 Å². The maximum Gasteiger partial charge on any atom is 0.258 e. The van der Waals surface area contributed by atoms with Crippen LogP contribution in [0.25, 0.3) is 5.95 Å². The molecule has 9 nitrogen and oxygen atoms in total. The van der Waals surface area contributed by atoms with E-state index < -0.39 is 0 Å². The van der Waals surface area contributed by atoms with Crippen LogP contribution in [0.1, 0.15) is 13.8 Å². The number of hydrogen-bond donors (Lipinski definition) is 2. The Labute approximate surface area is 104 Å². The van der Waals surface area contributed by atoms with Gasteiger partial charge in [0.15, 0.2) is 0 Å². The third-order valence-electron chi connectivity index (χ3n) is 2.41. The highest BCUT2D eigenvalue weighted by atomic mass is 15.4. The van der Waals surface area contributed by atoms with Crippen LogP contribution in [0.2, 0.25) is 0 Å². The van der Waals surface area contributed by atoms with Crippen molar-refractivity contribution in [3.63, 3.8) is 0 Å². The molecule has 0 saturated heterocycles. The van der Waals surface area contributed by atoms with Crippen LogP contribution >= 0.6 is 0 Å². The molecule has 3 N–H and O–H groups in total. The molecule has 0 radical (unpaired) electrons. The summed E-state index contributed by atoms with van der Waals surface area (Å²) in [5.74, 6) is 6.57. The van der Waals surface area contributed by atoms with Crippen LogP contribution in [0.4, 0.5) is 11.9 Å². The van der Waals surface area contributed by atoms with Gasteiger partial charge in [-0.1, -0.05) is 0 Å². The van der Waals surface area contributed by atoms with Crippen LogP contribution in [0, 0.1) is 0 Å². The summed E-state index contributed by atoms with van der Waals surface area (Å²) >= 11 is 0. The third-order valence-corrected chi connectivity index (χ3v) is 2.41. The Balaban J connectivity index is 2.45. The summed E-state index contributed by atoms with van der Waals surface area (Å²) in [6, 6.07) is 0. The van der Waals surface area contributed by atoms with Gasteiger partial charge in [0.1, 0.15) is 12.7 Å².